The van der Waals surface area contributed by atoms with Gasteiger partial charge >= 0.3 is 5.97 Å². The molecule has 0 aliphatic carbocycles. The molecule has 5 heteroatoms. The smallest absolute Gasteiger partial charge is 0.305 e. The van der Waals surface area contributed by atoms with Gasteiger partial charge in [-0.3, -0.25) is 9.59 Å². The van der Waals surface area contributed by atoms with E-state index in [9.17, 15) is 14.7 Å². The Balaban J connectivity index is 4.40. The third-order valence-electron chi connectivity index (χ3n) is 11.9. The normalized spacial score (nSPS) is 12.8. The van der Waals surface area contributed by atoms with E-state index in [4.69, 9.17) is 4.74 Å². The van der Waals surface area contributed by atoms with E-state index >= 15 is 0 Å². The number of hydrogen-bond donors (Lipinski definition) is 2. The second kappa shape index (κ2) is 48.1. The number of unbranched alkanes of at least 4 members (excludes halogenated alkanes) is 35. The summed E-state index contributed by atoms with van der Waals surface area (Å²) in [6.07, 6.45) is 57.8. The molecule has 0 rings (SSSR count). The van der Waals surface area contributed by atoms with Crippen molar-refractivity contribution >= 4 is 11.9 Å². The molecule has 0 aromatic carbocycles. The van der Waals surface area contributed by atoms with Crippen LogP contribution >= 0.6 is 0 Å². The maximum absolute atomic E-state index is 12.9. The molecule has 1 amide bonds. The number of hydrogen-bond acceptors (Lipinski definition) is 4. The van der Waals surface area contributed by atoms with E-state index in [1.165, 1.54) is 199 Å². The second-order valence-corrected chi connectivity index (χ2v) is 17.8. The molecule has 2 N–H and O–H groups in total. The predicted octanol–water partition coefficient (Wildman–Crippen LogP) is 16.5. The number of nitrogens with one attached hydrogen (secondary N) is 1. The van der Waals surface area contributed by atoms with Gasteiger partial charge in [-0.1, -0.05) is 244 Å². The first kappa shape index (κ1) is 56.4. The third-order valence-corrected chi connectivity index (χ3v) is 11.9. The zero-order chi connectivity index (χ0) is 42.3. The molecule has 0 radical (unpaired) electrons. The molecule has 0 saturated carbocycles. The van der Waals surface area contributed by atoms with Crippen LogP contribution in [0.25, 0.3) is 0 Å². The van der Waals surface area contributed by atoms with Crippen molar-refractivity contribution in [1.29, 1.82) is 0 Å². The van der Waals surface area contributed by atoms with Crippen LogP contribution in [0, 0.1) is 0 Å². The Morgan fingerprint density at radius 3 is 1.12 bits per heavy atom. The highest BCUT2D eigenvalue weighted by molar-refractivity contribution is 5.76. The topological polar surface area (TPSA) is 75.6 Å². The van der Waals surface area contributed by atoms with E-state index in [0.717, 1.165) is 51.4 Å². The van der Waals surface area contributed by atoms with Gasteiger partial charge in [0.2, 0.25) is 5.91 Å². The van der Waals surface area contributed by atoms with Crippen molar-refractivity contribution in [2.75, 3.05) is 6.61 Å². The lowest BCUT2D eigenvalue weighted by molar-refractivity contribution is -0.146. The lowest BCUT2D eigenvalue weighted by Crippen LogP contribution is -2.46. The maximum atomic E-state index is 12.9. The summed E-state index contributed by atoms with van der Waals surface area (Å²) in [6.45, 7) is 6.83. The van der Waals surface area contributed by atoms with Gasteiger partial charge in [-0.05, 0) is 51.4 Å². The highest BCUT2D eigenvalue weighted by Gasteiger charge is 2.21. The predicted molar refractivity (Wildman–Crippen MR) is 253 cm³/mol. The molecule has 2 atom stereocenters. The average molecular weight is 816 g/mol. The van der Waals surface area contributed by atoms with Crippen LogP contribution in [0.2, 0.25) is 0 Å². The fourth-order valence-electron chi connectivity index (χ4n) is 7.88. The monoisotopic (exact) mass is 816 g/mol. The average Bonchev–Trinajstić information content (AvgIpc) is 3.22. The molecule has 0 aromatic heterocycles. The quantitative estimate of drug-likeness (QED) is 0.0364. The van der Waals surface area contributed by atoms with Crippen LogP contribution in [-0.2, 0) is 14.3 Å². The molecule has 5 nitrogen and oxygen atoms in total. The van der Waals surface area contributed by atoms with E-state index < -0.39 is 12.1 Å². The molecule has 58 heavy (non-hydrogen) atoms. The van der Waals surface area contributed by atoms with Crippen molar-refractivity contribution < 1.29 is 19.4 Å². The highest BCUT2D eigenvalue weighted by Crippen LogP contribution is 2.16. The van der Waals surface area contributed by atoms with Gasteiger partial charge in [0.25, 0.3) is 0 Å². The number of ether oxygens (including phenoxy) is 1. The van der Waals surface area contributed by atoms with Crippen LogP contribution in [0.3, 0.4) is 0 Å². The van der Waals surface area contributed by atoms with E-state index in [0.29, 0.717) is 12.8 Å². The standard InChI is InChI=1S/C53H101NO4/c1-4-7-10-13-16-19-22-25-27-30-33-36-39-42-45-48-53(57)58-49-50(51(55)46-43-40-37-34-31-28-24-21-18-15-12-9-6-3)54-52(56)47-44-41-38-35-32-29-26-23-20-17-14-11-8-5-2/h25,27,43,46,50-51,55H,4-24,26,28-42,44-45,47-49H2,1-3H3,(H,54,56)/b27-25+,46-43+/t50-,51+/m0/s1. The first-order chi connectivity index (χ1) is 28.5. The van der Waals surface area contributed by atoms with Crippen LogP contribution in [0.1, 0.15) is 284 Å². The summed E-state index contributed by atoms with van der Waals surface area (Å²) in [4.78, 5) is 25.6. The minimum Gasteiger partial charge on any atom is -0.463 e. The largest absolute Gasteiger partial charge is 0.463 e. The maximum Gasteiger partial charge on any atom is 0.305 e. The van der Waals surface area contributed by atoms with Gasteiger partial charge in [-0.25, -0.2) is 0 Å². The van der Waals surface area contributed by atoms with Gasteiger partial charge in [-0.2, -0.15) is 0 Å². The third kappa shape index (κ3) is 43.9. The van der Waals surface area contributed by atoms with E-state index in [1.54, 1.807) is 6.08 Å². The van der Waals surface area contributed by atoms with E-state index in [2.05, 4.69) is 38.2 Å². The van der Waals surface area contributed by atoms with Crippen LogP contribution < -0.4 is 5.32 Å². The highest BCUT2D eigenvalue weighted by atomic mass is 16.5. The second-order valence-electron chi connectivity index (χ2n) is 17.8. The SMILES string of the molecule is CCCCCCCC/C=C/CCCCCCCC(=O)OC[C@H](NC(=O)CCCCCCCCCCCCCCCC)[C@H](O)/C=C/CCCCCCCCCCCCC. The lowest BCUT2D eigenvalue weighted by Gasteiger charge is -2.22. The molecule has 0 aromatic rings. The fourth-order valence-corrected chi connectivity index (χ4v) is 7.88. The Morgan fingerprint density at radius 1 is 0.431 bits per heavy atom. The van der Waals surface area contributed by atoms with Gasteiger partial charge in [0, 0.05) is 12.8 Å². The van der Waals surface area contributed by atoms with Crippen LogP contribution in [0.4, 0.5) is 0 Å². The molecule has 0 bridgehead atoms. The molecule has 0 saturated heterocycles. The van der Waals surface area contributed by atoms with Gasteiger partial charge in [0.1, 0.15) is 6.61 Å². The molecule has 0 aliphatic rings. The van der Waals surface area contributed by atoms with Crippen molar-refractivity contribution in [3.63, 3.8) is 0 Å². The lowest BCUT2D eigenvalue weighted by atomic mass is 10.0. The first-order valence-electron chi connectivity index (χ1n) is 26.0. The van der Waals surface area contributed by atoms with Crippen LogP contribution in [0.5, 0.6) is 0 Å². The summed E-state index contributed by atoms with van der Waals surface area (Å²) < 4.78 is 5.63. The van der Waals surface area contributed by atoms with Crippen molar-refractivity contribution in [2.24, 2.45) is 0 Å². The Labute approximate surface area is 362 Å². The van der Waals surface area contributed by atoms with Crippen molar-refractivity contribution in [1.82, 2.24) is 5.32 Å². The summed E-state index contributed by atoms with van der Waals surface area (Å²) >= 11 is 0. The zero-order valence-corrected chi connectivity index (χ0v) is 39.3. The van der Waals surface area contributed by atoms with Gasteiger partial charge < -0.3 is 15.2 Å². The van der Waals surface area contributed by atoms with E-state index in [-0.39, 0.29) is 18.5 Å². The molecule has 0 aliphatic heterocycles. The Bertz CT molecular complexity index is 901. The molecule has 0 spiro atoms. The summed E-state index contributed by atoms with van der Waals surface area (Å²) in [6, 6.07) is -0.620. The fraction of sp³-hybridized carbons (Fsp3) is 0.887. The molecule has 342 valence electrons. The van der Waals surface area contributed by atoms with Gasteiger partial charge in [0.15, 0.2) is 0 Å². The minimum atomic E-state index is -0.874. The number of rotatable bonds is 47. The summed E-state index contributed by atoms with van der Waals surface area (Å²) in [5.74, 6) is -0.295. The van der Waals surface area contributed by atoms with Crippen LogP contribution in [0.15, 0.2) is 24.3 Å². The Kier molecular flexibility index (Phi) is 46.7. The summed E-state index contributed by atoms with van der Waals surface area (Å²) in [7, 11) is 0. The molecule has 0 fully saturated rings. The number of amides is 1. The van der Waals surface area contributed by atoms with Crippen molar-refractivity contribution in [2.45, 2.75) is 296 Å². The van der Waals surface area contributed by atoms with Crippen molar-refractivity contribution in [3.05, 3.63) is 24.3 Å². The number of aliphatic hydroxyl groups is 1. The van der Waals surface area contributed by atoms with Crippen molar-refractivity contribution in [3.8, 4) is 0 Å². The number of aliphatic hydroxyl groups excluding tert-OH is 1. The molecular weight excluding hydrogens is 715 g/mol. The number of allylic oxidation sites excluding steroid dienone is 3. The number of carbonyl (C=O) groups is 2. The summed E-state index contributed by atoms with van der Waals surface area (Å²) in [5, 5.41) is 14.1. The molecular formula is C53H101NO4. The molecule has 0 heterocycles. The zero-order valence-electron chi connectivity index (χ0n) is 39.3. The summed E-state index contributed by atoms with van der Waals surface area (Å²) in [5.41, 5.74) is 0. The van der Waals surface area contributed by atoms with E-state index in [1.807, 2.05) is 6.08 Å². The first-order valence-corrected chi connectivity index (χ1v) is 26.0. The Hall–Kier alpha value is -1.62. The Morgan fingerprint density at radius 2 is 0.741 bits per heavy atom. The van der Waals surface area contributed by atoms with Gasteiger partial charge in [-0.15, -0.1) is 0 Å². The minimum absolute atomic E-state index is 0.0122. The van der Waals surface area contributed by atoms with Gasteiger partial charge in [0.05, 0.1) is 12.1 Å². The molecule has 0 unspecified atom stereocenters. The van der Waals surface area contributed by atoms with Crippen LogP contribution in [-0.4, -0.2) is 35.7 Å². The number of esters is 1. The number of carbonyl (C=O) groups excluding carboxylic acids is 2.